The first kappa shape index (κ1) is 19.1. The standard InChI is InChI=1S/C20H16Cl2N4OS/c1-11-3-5-13(6-4-11)17-12(2)25-26-18(17)23-19(24-20(26)27)28-10-14-7-8-15(21)9-16(14)22/h3-9H,10H2,1-2H3,(H,23,24,27). The van der Waals surface area contributed by atoms with Gasteiger partial charge in [0.05, 0.1) is 5.69 Å². The van der Waals surface area contributed by atoms with Gasteiger partial charge in [0.15, 0.2) is 10.8 Å². The van der Waals surface area contributed by atoms with Crippen LogP contribution in [0.2, 0.25) is 10.0 Å². The molecule has 0 spiro atoms. The number of hydrogen-bond donors (Lipinski definition) is 1. The van der Waals surface area contributed by atoms with E-state index >= 15 is 0 Å². The van der Waals surface area contributed by atoms with Gasteiger partial charge >= 0.3 is 5.69 Å². The maximum atomic E-state index is 12.5. The number of thioether (sulfide) groups is 1. The highest BCUT2D eigenvalue weighted by Crippen LogP contribution is 2.29. The zero-order chi connectivity index (χ0) is 19.8. The topological polar surface area (TPSA) is 63.1 Å². The zero-order valence-electron chi connectivity index (χ0n) is 15.2. The second-order valence-corrected chi connectivity index (χ2v) is 8.24. The van der Waals surface area contributed by atoms with Crippen molar-refractivity contribution < 1.29 is 0 Å². The van der Waals surface area contributed by atoms with E-state index in [0.717, 1.165) is 22.4 Å². The smallest absolute Gasteiger partial charge is 0.285 e. The van der Waals surface area contributed by atoms with E-state index in [1.807, 2.05) is 44.2 Å². The first-order valence-corrected chi connectivity index (χ1v) is 10.3. The Balaban J connectivity index is 1.73. The van der Waals surface area contributed by atoms with Crippen molar-refractivity contribution in [3.05, 3.63) is 79.8 Å². The molecule has 0 radical (unpaired) electrons. The Kier molecular flexibility index (Phi) is 5.19. The molecule has 0 saturated carbocycles. The third-order valence-corrected chi connectivity index (χ3v) is 5.88. The normalized spacial score (nSPS) is 11.3. The van der Waals surface area contributed by atoms with E-state index in [-0.39, 0.29) is 5.69 Å². The zero-order valence-corrected chi connectivity index (χ0v) is 17.5. The van der Waals surface area contributed by atoms with E-state index < -0.39 is 0 Å². The molecular weight excluding hydrogens is 415 g/mol. The van der Waals surface area contributed by atoms with Gasteiger partial charge in [-0.15, -0.1) is 0 Å². The third kappa shape index (κ3) is 3.68. The van der Waals surface area contributed by atoms with Crippen LogP contribution in [0.5, 0.6) is 0 Å². The van der Waals surface area contributed by atoms with Crippen LogP contribution < -0.4 is 5.69 Å². The number of aryl methyl sites for hydroxylation is 2. The molecule has 0 aliphatic heterocycles. The number of halogens is 2. The van der Waals surface area contributed by atoms with Crippen molar-refractivity contribution >= 4 is 40.6 Å². The maximum Gasteiger partial charge on any atom is 0.350 e. The molecule has 2 aromatic carbocycles. The Hall–Kier alpha value is -2.28. The molecule has 8 heteroatoms. The fourth-order valence-electron chi connectivity index (χ4n) is 2.94. The Bertz CT molecular complexity index is 1230. The van der Waals surface area contributed by atoms with E-state index in [0.29, 0.717) is 26.6 Å². The first-order chi connectivity index (χ1) is 13.4. The van der Waals surface area contributed by atoms with Gasteiger partial charge in [-0.3, -0.25) is 4.98 Å². The van der Waals surface area contributed by atoms with Gasteiger partial charge in [0.2, 0.25) is 0 Å². The predicted molar refractivity (Wildman–Crippen MR) is 115 cm³/mol. The Morgan fingerprint density at radius 3 is 2.57 bits per heavy atom. The van der Waals surface area contributed by atoms with E-state index in [1.54, 1.807) is 12.1 Å². The molecule has 0 aliphatic rings. The Morgan fingerprint density at radius 1 is 1.11 bits per heavy atom. The molecule has 4 rings (SSSR count). The summed E-state index contributed by atoms with van der Waals surface area (Å²) in [6, 6.07) is 13.5. The highest BCUT2D eigenvalue weighted by molar-refractivity contribution is 7.98. The summed E-state index contributed by atoms with van der Waals surface area (Å²) in [6.07, 6.45) is 0. The number of nitrogens with one attached hydrogen (secondary N) is 1. The van der Waals surface area contributed by atoms with Crippen molar-refractivity contribution in [2.24, 2.45) is 0 Å². The van der Waals surface area contributed by atoms with Crippen LogP contribution in [-0.2, 0) is 5.75 Å². The second kappa shape index (κ2) is 7.62. The van der Waals surface area contributed by atoms with E-state index in [2.05, 4.69) is 15.1 Å². The Morgan fingerprint density at radius 2 is 1.86 bits per heavy atom. The number of hydrogen-bond acceptors (Lipinski definition) is 4. The molecule has 0 unspecified atom stereocenters. The molecule has 0 fully saturated rings. The van der Waals surface area contributed by atoms with E-state index in [9.17, 15) is 4.79 Å². The van der Waals surface area contributed by atoms with Gasteiger partial charge in [0.25, 0.3) is 0 Å². The van der Waals surface area contributed by atoms with Crippen molar-refractivity contribution in [3.63, 3.8) is 0 Å². The van der Waals surface area contributed by atoms with Crippen molar-refractivity contribution in [3.8, 4) is 11.1 Å². The van der Waals surface area contributed by atoms with Crippen molar-refractivity contribution in [2.75, 3.05) is 0 Å². The second-order valence-electron chi connectivity index (χ2n) is 6.43. The van der Waals surface area contributed by atoms with Gasteiger partial charge in [0.1, 0.15) is 0 Å². The number of rotatable bonds is 4. The Labute approximate surface area is 175 Å². The predicted octanol–water partition coefficient (Wildman–Crippen LogP) is 5.30. The van der Waals surface area contributed by atoms with Crippen LogP contribution in [0.3, 0.4) is 0 Å². The molecule has 0 amide bonds. The van der Waals surface area contributed by atoms with Crippen LogP contribution in [0.1, 0.15) is 16.8 Å². The molecule has 2 aromatic heterocycles. The number of nitrogens with zero attached hydrogens (tertiary/aromatic N) is 3. The fourth-order valence-corrected chi connectivity index (χ4v) is 4.35. The maximum absolute atomic E-state index is 12.5. The lowest BCUT2D eigenvalue weighted by Crippen LogP contribution is -2.19. The summed E-state index contributed by atoms with van der Waals surface area (Å²) >= 11 is 13.6. The van der Waals surface area contributed by atoms with E-state index in [1.165, 1.54) is 21.8 Å². The molecule has 2 heterocycles. The van der Waals surface area contributed by atoms with Crippen LogP contribution in [0.25, 0.3) is 16.8 Å². The average Bonchev–Trinajstić information content (AvgIpc) is 2.98. The number of benzene rings is 2. The van der Waals surface area contributed by atoms with Crippen LogP contribution in [0, 0.1) is 13.8 Å². The van der Waals surface area contributed by atoms with Crippen LogP contribution in [-0.4, -0.2) is 19.6 Å². The lowest BCUT2D eigenvalue weighted by molar-refractivity contribution is 0.780. The lowest BCUT2D eigenvalue weighted by atomic mass is 10.0. The molecule has 1 N–H and O–H groups in total. The van der Waals surface area contributed by atoms with Crippen molar-refractivity contribution in [1.82, 2.24) is 19.6 Å². The van der Waals surface area contributed by atoms with Gasteiger partial charge in [-0.2, -0.15) is 9.61 Å². The summed E-state index contributed by atoms with van der Waals surface area (Å²) in [5, 5.41) is 6.05. The van der Waals surface area contributed by atoms with Gasteiger partial charge in [-0.25, -0.2) is 9.78 Å². The third-order valence-electron chi connectivity index (χ3n) is 4.37. The molecule has 0 saturated heterocycles. The van der Waals surface area contributed by atoms with Gasteiger partial charge < -0.3 is 0 Å². The largest absolute Gasteiger partial charge is 0.350 e. The number of fused-ring (bicyclic) bond motifs is 1. The lowest BCUT2D eigenvalue weighted by Gasteiger charge is -2.05. The fraction of sp³-hybridized carbons (Fsp3) is 0.150. The average molecular weight is 431 g/mol. The molecule has 0 bridgehead atoms. The van der Waals surface area contributed by atoms with Gasteiger partial charge in [-0.1, -0.05) is 70.9 Å². The van der Waals surface area contributed by atoms with Crippen LogP contribution in [0.15, 0.2) is 52.4 Å². The molecule has 0 atom stereocenters. The highest BCUT2D eigenvalue weighted by atomic mass is 35.5. The first-order valence-electron chi connectivity index (χ1n) is 8.56. The van der Waals surface area contributed by atoms with E-state index in [4.69, 9.17) is 23.2 Å². The summed E-state index contributed by atoms with van der Waals surface area (Å²) in [6.45, 7) is 3.91. The summed E-state index contributed by atoms with van der Waals surface area (Å²) < 4.78 is 1.31. The summed E-state index contributed by atoms with van der Waals surface area (Å²) in [7, 11) is 0. The molecule has 142 valence electrons. The minimum atomic E-state index is -0.323. The minimum absolute atomic E-state index is 0.323. The minimum Gasteiger partial charge on any atom is -0.285 e. The molecule has 4 aromatic rings. The summed E-state index contributed by atoms with van der Waals surface area (Å²) in [4.78, 5) is 20.0. The quantitative estimate of drug-likeness (QED) is 0.446. The monoisotopic (exact) mass is 430 g/mol. The summed E-state index contributed by atoms with van der Waals surface area (Å²) in [5.41, 5.74) is 4.89. The summed E-state index contributed by atoms with van der Waals surface area (Å²) in [5.74, 6) is 0.558. The van der Waals surface area contributed by atoms with Crippen molar-refractivity contribution in [1.29, 1.82) is 0 Å². The number of H-pyrrole nitrogens is 1. The van der Waals surface area contributed by atoms with Crippen molar-refractivity contribution in [2.45, 2.75) is 24.8 Å². The van der Waals surface area contributed by atoms with Gasteiger partial charge in [-0.05, 0) is 37.1 Å². The molecule has 0 aliphatic carbocycles. The SMILES string of the molecule is Cc1ccc(-c2c(C)nn3c(=O)[nH]c(SCc4ccc(Cl)cc4Cl)nc23)cc1. The van der Waals surface area contributed by atoms with Gasteiger partial charge in [0, 0.05) is 21.4 Å². The highest BCUT2D eigenvalue weighted by Gasteiger charge is 2.16. The van der Waals surface area contributed by atoms with Crippen LogP contribution >= 0.6 is 35.0 Å². The molecular formula is C20H16Cl2N4OS. The molecule has 5 nitrogen and oxygen atoms in total. The number of aromatic nitrogens is 4. The molecule has 28 heavy (non-hydrogen) atoms. The number of aromatic amines is 1. The van der Waals surface area contributed by atoms with Crippen LogP contribution in [0.4, 0.5) is 0 Å².